The molecule has 1 saturated heterocycles. The summed E-state index contributed by atoms with van der Waals surface area (Å²) in [5.74, 6) is 0.774. The lowest BCUT2D eigenvalue weighted by Gasteiger charge is -2.25. The average molecular weight is 483 g/mol. The van der Waals surface area contributed by atoms with Crippen LogP contribution in [0.2, 0.25) is 0 Å². The Labute approximate surface area is 193 Å². The number of aliphatic imine (C=N–C) groups is 1. The monoisotopic (exact) mass is 482 g/mol. The van der Waals surface area contributed by atoms with E-state index in [0.717, 1.165) is 55.0 Å². The minimum Gasteiger partial charge on any atom is -0.356 e. The zero-order valence-electron chi connectivity index (χ0n) is 18.6. The summed E-state index contributed by atoms with van der Waals surface area (Å²) in [5, 5.41) is 0. The zero-order valence-corrected chi connectivity index (χ0v) is 19.4. The Morgan fingerprint density at radius 1 is 1.03 bits per heavy atom. The molecule has 0 aliphatic carbocycles. The molecule has 1 fully saturated rings. The summed E-state index contributed by atoms with van der Waals surface area (Å²) < 4.78 is 67.6. The van der Waals surface area contributed by atoms with Gasteiger partial charge in [-0.05, 0) is 44.0 Å². The van der Waals surface area contributed by atoms with Crippen molar-refractivity contribution in [2.75, 3.05) is 19.6 Å². The van der Waals surface area contributed by atoms with E-state index in [1.807, 2.05) is 6.92 Å². The van der Waals surface area contributed by atoms with E-state index in [4.69, 9.17) is 4.55 Å². The van der Waals surface area contributed by atoms with Crippen LogP contribution < -0.4 is 0 Å². The highest BCUT2D eigenvalue weighted by atomic mass is 32.2. The largest absolute Gasteiger partial charge is 0.416 e. The SMILES string of the molecule is C=CCN=C(c1ccc(C(F)(F)F)cc1)N1CCCCCC1.Cc1ccc(S(=O)(=O)O)cc1. The molecular formula is C24H29F3N2O3S. The van der Waals surface area contributed by atoms with Gasteiger partial charge >= 0.3 is 6.18 Å². The van der Waals surface area contributed by atoms with Crippen molar-refractivity contribution in [3.05, 3.63) is 77.9 Å². The molecule has 9 heteroatoms. The Morgan fingerprint density at radius 3 is 2.03 bits per heavy atom. The van der Waals surface area contributed by atoms with Crippen LogP contribution in [0.4, 0.5) is 13.2 Å². The van der Waals surface area contributed by atoms with E-state index in [0.29, 0.717) is 6.54 Å². The Hall–Kier alpha value is -2.65. The second-order valence-electron chi connectivity index (χ2n) is 7.72. The van der Waals surface area contributed by atoms with Crippen LogP contribution in [-0.2, 0) is 16.3 Å². The molecule has 0 amide bonds. The molecule has 0 bridgehead atoms. The summed E-state index contributed by atoms with van der Waals surface area (Å²) in [7, 11) is -4.02. The molecule has 2 aromatic rings. The fourth-order valence-electron chi connectivity index (χ4n) is 3.33. The molecule has 33 heavy (non-hydrogen) atoms. The number of hydrogen-bond donors (Lipinski definition) is 1. The smallest absolute Gasteiger partial charge is 0.356 e. The van der Waals surface area contributed by atoms with Crippen molar-refractivity contribution in [3.63, 3.8) is 0 Å². The number of likely N-dealkylation sites (tertiary alicyclic amines) is 1. The Morgan fingerprint density at radius 2 is 1.58 bits per heavy atom. The van der Waals surface area contributed by atoms with Gasteiger partial charge in [0, 0.05) is 18.7 Å². The maximum atomic E-state index is 12.7. The third-order valence-electron chi connectivity index (χ3n) is 5.07. The zero-order chi connectivity index (χ0) is 24.5. The van der Waals surface area contributed by atoms with Crippen molar-refractivity contribution < 1.29 is 26.1 Å². The van der Waals surface area contributed by atoms with Gasteiger partial charge in [-0.3, -0.25) is 9.55 Å². The van der Waals surface area contributed by atoms with Crippen molar-refractivity contribution in [2.24, 2.45) is 4.99 Å². The van der Waals surface area contributed by atoms with Gasteiger partial charge in [0.15, 0.2) is 0 Å². The Kier molecular flexibility index (Phi) is 9.67. The Bertz CT molecular complexity index is 1020. The van der Waals surface area contributed by atoms with Crippen LogP contribution in [0.25, 0.3) is 0 Å². The molecule has 0 aromatic heterocycles. The minimum atomic E-state index is -4.31. The summed E-state index contributed by atoms with van der Waals surface area (Å²) in [4.78, 5) is 6.63. The summed E-state index contributed by atoms with van der Waals surface area (Å²) >= 11 is 0. The van der Waals surface area contributed by atoms with Crippen molar-refractivity contribution in [3.8, 4) is 0 Å². The average Bonchev–Trinajstić information content (AvgIpc) is 3.03. The first-order valence-corrected chi connectivity index (χ1v) is 12.1. The maximum absolute atomic E-state index is 12.7. The third-order valence-corrected chi connectivity index (χ3v) is 5.93. The van der Waals surface area contributed by atoms with Gasteiger partial charge in [-0.25, -0.2) is 0 Å². The third kappa shape index (κ3) is 8.66. The van der Waals surface area contributed by atoms with Gasteiger partial charge in [0.05, 0.1) is 17.0 Å². The molecule has 0 saturated carbocycles. The van der Waals surface area contributed by atoms with E-state index >= 15 is 0 Å². The molecule has 0 unspecified atom stereocenters. The normalized spacial score (nSPS) is 15.3. The van der Waals surface area contributed by atoms with Crippen LogP contribution in [0.5, 0.6) is 0 Å². The molecule has 3 rings (SSSR count). The quantitative estimate of drug-likeness (QED) is 0.261. The number of aryl methyl sites for hydroxylation is 1. The van der Waals surface area contributed by atoms with Crippen LogP contribution in [0.1, 0.15) is 42.4 Å². The van der Waals surface area contributed by atoms with E-state index in [9.17, 15) is 21.6 Å². The number of halogens is 3. The predicted octanol–water partition coefficient (Wildman–Crippen LogP) is 5.76. The van der Waals surface area contributed by atoms with Crippen LogP contribution in [0.15, 0.2) is 71.1 Å². The van der Waals surface area contributed by atoms with E-state index < -0.39 is 21.9 Å². The van der Waals surface area contributed by atoms with E-state index in [2.05, 4.69) is 16.5 Å². The number of nitrogens with zero attached hydrogens (tertiary/aromatic N) is 2. The number of benzene rings is 2. The molecule has 0 radical (unpaired) electrons. The highest BCUT2D eigenvalue weighted by molar-refractivity contribution is 7.85. The van der Waals surface area contributed by atoms with E-state index in [1.54, 1.807) is 18.2 Å². The van der Waals surface area contributed by atoms with Gasteiger partial charge in [-0.15, -0.1) is 6.58 Å². The van der Waals surface area contributed by atoms with Crippen LogP contribution in [-0.4, -0.2) is 43.3 Å². The van der Waals surface area contributed by atoms with E-state index in [1.165, 1.54) is 37.1 Å². The lowest BCUT2D eigenvalue weighted by atomic mass is 10.1. The molecule has 1 heterocycles. The lowest BCUT2D eigenvalue weighted by molar-refractivity contribution is -0.137. The first kappa shape index (κ1) is 26.6. The van der Waals surface area contributed by atoms with E-state index in [-0.39, 0.29) is 4.90 Å². The van der Waals surface area contributed by atoms with Crippen molar-refractivity contribution in [1.29, 1.82) is 0 Å². The summed E-state index contributed by atoms with van der Waals surface area (Å²) in [6.07, 6.45) is 1.96. The van der Waals surface area contributed by atoms with Gasteiger partial charge in [-0.2, -0.15) is 21.6 Å². The summed E-state index contributed by atoms with van der Waals surface area (Å²) in [6, 6.07) is 11.2. The molecule has 0 spiro atoms. The standard InChI is InChI=1S/C17H21F3N2.C7H8O3S/c1-2-11-21-16(22-12-5-3-4-6-13-22)14-7-9-15(10-8-14)17(18,19)20;1-6-2-4-7(5-3-6)11(8,9)10/h2,7-10H,1,3-6,11-13H2;2-5H,1H3,(H,8,9,10). The molecule has 1 aliphatic rings. The summed E-state index contributed by atoms with van der Waals surface area (Å²) in [5.41, 5.74) is 1.06. The maximum Gasteiger partial charge on any atom is 0.416 e. The first-order chi connectivity index (χ1) is 15.5. The number of alkyl halides is 3. The highest BCUT2D eigenvalue weighted by Crippen LogP contribution is 2.29. The molecule has 5 nitrogen and oxygen atoms in total. The Balaban J connectivity index is 0.000000294. The number of amidine groups is 1. The fraction of sp³-hybridized carbons (Fsp3) is 0.375. The summed E-state index contributed by atoms with van der Waals surface area (Å²) in [6.45, 7) is 7.77. The van der Waals surface area contributed by atoms with Crippen LogP contribution in [0.3, 0.4) is 0 Å². The molecule has 2 aromatic carbocycles. The molecule has 1 aliphatic heterocycles. The lowest BCUT2D eigenvalue weighted by Crippen LogP contribution is -2.33. The van der Waals surface area contributed by atoms with Gasteiger partial charge in [-0.1, -0.05) is 48.7 Å². The fourth-order valence-corrected chi connectivity index (χ4v) is 3.81. The topological polar surface area (TPSA) is 70.0 Å². The van der Waals surface area contributed by atoms with Crippen molar-refractivity contribution in [2.45, 2.75) is 43.7 Å². The van der Waals surface area contributed by atoms with Crippen LogP contribution in [0, 0.1) is 6.92 Å². The van der Waals surface area contributed by atoms with Crippen molar-refractivity contribution >= 4 is 16.0 Å². The number of hydrogen-bond acceptors (Lipinski definition) is 3. The van der Waals surface area contributed by atoms with Crippen molar-refractivity contribution in [1.82, 2.24) is 4.90 Å². The molecule has 0 atom stereocenters. The predicted molar refractivity (Wildman–Crippen MR) is 124 cm³/mol. The molecular weight excluding hydrogens is 453 g/mol. The second kappa shape index (κ2) is 12.0. The van der Waals surface area contributed by atoms with Crippen LogP contribution >= 0.6 is 0 Å². The van der Waals surface area contributed by atoms with Gasteiger partial charge < -0.3 is 4.90 Å². The minimum absolute atomic E-state index is 0.0666. The highest BCUT2D eigenvalue weighted by Gasteiger charge is 2.30. The van der Waals surface area contributed by atoms with Gasteiger partial charge in [0.2, 0.25) is 0 Å². The molecule has 1 N–H and O–H groups in total. The first-order valence-electron chi connectivity index (χ1n) is 10.6. The van der Waals surface area contributed by atoms with Gasteiger partial charge in [0.1, 0.15) is 5.84 Å². The van der Waals surface area contributed by atoms with Gasteiger partial charge in [0.25, 0.3) is 10.1 Å². The number of rotatable bonds is 4. The second-order valence-corrected chi connectivity index (χ2v) is 9.14. The molecule has 180 valence electrons.